The van der Waals surface area contributed by atoms with Crippen molar-refractivity contribution < 1.29 is 18.7 Å². The summed E-state index contributed by atoms with van der Waals surface area (Å²) in [6.07, 6.45) is 0.466. The molecule has 21 heavy (non-hydrogen) atoms. The maximum absolute atomic E-state index is 13.7. The zero-order chi connectivity index (χ0) is 16.2. The third-order valence-corrected chi connectivity index (χ3v) is 3.11. The molecular weight excluding hydrogens is 280 g/mol. The van der Waals surface area contributed by atoms with Crippen LogP contribution in [0.15, 0.2) is 12.1 Å². The number of urea groups is 1. The number of aliphatic hydroxyl groups is 1. The number of hydrogen-bond donors (Lipinski definition) is 3. The normalized spacial score (nSPS) is 13.5. The predicted molar refractivity (Wildman–Crippen MR) is 78.6 cm³/mol. The molecule has 0 bridgehead atoms. The van der Waals surface area contributed by atoms with Crippen LogP contribution in [0.4, 0.5) is 25.0 Å². The fourth-order valence-corrected chi connectivity index (χ4v) is 1.64. The Morgan fingerprint density at radius 3 is 2.29 bits per heavy atom. The van der Waals surface area contributed by atoms with Gasteiger partial charge in [-0.3, -0.25) is 0 Å². The Morgan fingerprint density at radius 1 is 1.33 bits per heavy atom. The van der Waals surface area contributed by atoms with Gasteiger partial charge in [0.15, 0.2) is 11.6 Å². The van der Waals surface area contributed by atoms with Crippen molar-refractivity contribution >= 4 is 17.4 Å². The minimum absolute atomic E-state index is 0.00393. The van der Waals surface area contributed by atoms with Gasteiger partial charge in [0.25, 0.3) is 0 Å². The highest BCUT2D eigenvalue weighted by Gasteiger charge is 2.19. The van der Waals surface area contributed by atoms with Gasteiger partial charge in [-0.05, 0) is 25.5 Å². The van der Waals surface area contributed by atoms with E-state index in [1.54, 1.807) is 13.8 Å². The molecule has 0 saturated heterocycles. The Bertz CT molecular complexity index is 496. The first kappa shape index (κ1) is 17.2. The summed E-state index contributed by atoms with van der Waals surface area (Å²) in [5.41, 5.74) is -1.19. The van der Waals surface area contributed by atoms with E-state index in [-0.39, 0.29) is 17.9 Å². The minimum atomic E-state index is -1.03. The molecule has 0 unspecified atom stereocenters. The summed E-state index contributed by atoms with van der Waals surface area (Å²) in [6, 6.07) is 1.44. The summed E-state index contributed by atoms with van der Waals surface area (Å²) < 4.78 is 27.5. The van der Waals surface area contributed by atoms with Crippen molar-refractivity contribution in [1.82, 2.24) is 5.32 Å². The first-order valence-electron chi connectivity index (χ1n) is 6.60. The Balaban J connectivity index is 2.74. The third-order valence-electron chi connectivity index (χ3n) is 3.11. The van der Waals surface area contributed by atoms with Crippen LogP contribution >= 0.6 is 0 Å². The van der Waals surface area contributed by atoms with Crippen molar-refractivity contribution in [2.75, 3.05) is 30.9 Å². The largest absolute Gasteiger partial charge is 0.388 e. The molecule has 0 aliphatic carbocycles. The van der Waals surface area contributed by atoms with Crippen LogP contribution < -0.4 is 15.5 Å². The molecule has 7 heteroatoms. The summed E-state index contributed by atoms with van der Waals surface area (Å²) in [4.78, 5) is 12.9. The predicted octanol–water partition coefficient (Wildman–Crippen LogP) is 2.31. The van der Waals surface area contributed by atoms with E-state index >= 15 is 0 Å². The van der Waals surface area contributed by atoms with Gasteiger partial charge < -0.3 is 20.6 Å². The van der Waals surface area contributed by atoms with E-state index < -0.39 is 23.3 Å². The minimum Gasteiger partial charge on any atom is -0.388 e. The lowest BCUT2D eigenvalue weighted by Gasteiger charge is -2.21. The summed E-state index contributed by atoms with van der Waals surface area (Å²) >= 11 is 0. The second-order valence-corrected chi connectivity index (χ2v) is 5.34. The molecule has 0 saturated carbocycles. The van der Waals surface area contributed by atoms with Crippen LogP contribution in [-0.2, 0) is 0 Å². The third kappa shape index (κ3) is 4.86. The Labute approximate surface area is 122 Å². The van der Waals surface area contributed by atoms with Gasteiger partial charge >= 0.3 is 6.03 Å². The topological polar surface area (TPSA) is 64.6 Å². The van der Waals surface area contributed by atoms with E-state index in [0.29, 0.717) is 6.42 Å². The van der Waals surface area contributed by atoms with Gasteiger partial charge in [-0.2, -0.15) is 0 Å². The highest BCUT2D eigenvalue weighted by atomic mass is 19.1. The molecule has 2 amide bonds. The second kappa shape index (κ2) is 6.71. The molecule has 0 aliphatic rings. The zero-order valence-electron chi connectivity index (χ0n) is 12.6. The zero-order valence-corrected chi connectivity index (χ0v) is 12.6. The molecule has 0 aliphatic heterocycles. The molecule has 0 heterocycles. The maximum atomic E-state index is 13.7. The molecule has 0 radical (unpaired) electrons. The molecule has 1 atom stereocenters. The molecule has 118 valence electrons. The van der Waals surface area contributed by atoms with Crippen molar-refractivity contribution in [3.05, 3.63) is 23.8 Å². The van der Waals surface area contributed by atoms with E-state index in [1.807, 2.05) is 0 Å². The first-order chi connectivity index (χ1) is 9.66. The molecule has 5 nitrogen and oxygen atoms in total. The lowest BCUT2D eigenvalue weighted by Crippen LogP contribution is -2.41. The highest BCUT2D eigenvalue weighted by molar-refractivity contribution is 5.89. The number of carbonyl (C=O) groups excluding carboxylic acids is 1. The van der Waals surface area contributed by atoms with Crippen LogP contribution in [0.5, 0.6) is 0 Å². The smallest absolute Gasteiger partial charge is 0.319 e. The molecule has 1 rings (SSSR count). The Kier molecular flexibility index (Phi) is 5.48. The molecular formula is C14H21F2N3O2. The van der Waals surface area contributed by atoms with Crippen molar-refractivity contribution in [2.45, 2.75) is 25.9 Å². The number of nitrogens with one attached hydrogen (secondary N) is 2. The lowest BCUT2D eigenvalue weighted by molar-refractivity contribution is 0.0587. The molecule has 0 aromatic heterocycles. The molecule has 3 N–H and O–H groups in total. The van der Waals surface area contributed by atoms with Gasteiger partial charge in [0.1, 0.15) is 5.69 Å². The fraction of sp³-hybridized carbons (Fsp3) is 0.500. The molecule has 1 aromatic carbocycles. The summed E-state index contributed by atoms with van der Waals surface area (Å²) in [7, 11) is 3.04. The number of hydrogen-bond acceptors (Lipinski definition) is 3. The van der Waals surface area contributed by atoms with Crippen molar-refractivity contribution in [3.8, 4) is 0 Å². The average Bonchev–Trinajstić information content (AvgIpc) is 2.35. The van der Waals surface area contributed by atoms with Crippen molar-refractivity contribution in [1.29, 1.82) is 0 Å². The number of benzene rings is 1. The van der Waals surface area contributed by atoms with Crippen LogP contribution in [0, 0.1) is 11.6 Å². The molecule has 0 spiro atoms. The monoisotopic (exact) mass is 301 g/mol. The standard InChI is InChI=1S/C14H21F2N3O2/c1-5-14(2,21)8-17-13(20)18-9-6-10(15)12(19(3)4)11(16)7-9/h6-7,21H,5,8H2,1-4H3,(H2,17,18,20)/t14-/m0/s1. The lowest BCUT2D eigenvalue weighted by atomic mass is 10.0. The second-order valence-electron chi connectivity index (χ2n) is 5.34. The molecule has 1 aromatic rings. The van der Waals surface area contributed by atoms with Gasteiger partial charge in [0.05, 0.1) is 5.60 Å². The van der Waals surface area contributed by atoms with E-state index in [1.165, 1.54) is 19.0 Å². The van der Waals surface area contributed by atoms with E-state index in [4.69, 9.17) is 0 Å². The van der Waals surface area contributed by atoms with E-state index in [0.717, 1.165) is 12.1 Å². The Morgan fingerprint density at radius 2 is 1.86 bits per heavy atom. The van der Waals surface area contributed by atoms with Gasteiger partial charge in [-0.25, -0.2) is 13.6 Å². The number of halogens is 2. The van der Waals surface area contributed by atoms with Gasteiger partial charge in [0, 0.05) is 26.3 Å². The van der Waals surface area contributed by atoms with Gasteiger partial charge in [-0.1, -0.05) is 6.92 Å². The quantitative estimate of drug-likeness (QED) is 0.782. The SMILES string of the molecule is CC[C@](C)(O)CNC(=O)Nc1cc(F)c(N(C)C)c(F)c1. The van der Waals surface area contributed by atoms with Crippen LogP contribution in [-0.4, -0.2) is 37.4 Å². The summed E-state index contributed by atoms with van der Waals surface area (Å²) in [6.45, 7) is 3.40. The summed E-state index contributed by atoms with van der Waals surface area (Å²) in [5, 5.41) is 14.5. The molecule has 0 fully saturated rings. The highest BCUT2D eigenvalue weighted by Crippen LogP contribution is 2.25. The van der Waals surface area contributed by atoms with Crippen LogP contribution in [0.3, 0.4) is 0 Å². The number of amides is 2. The Hall–Kier alpha value is -1.89. The van der Waals surface area contributed by atoms with E-state index in [2.05, 4.69) is 10.6 Å². The average molecular weight is 301 g/mol. The fourth-order valence-electron chi connectivity index (χ4n) is 1.64. The van der Waals surface area contributed by atoms with Crippen LogP contribution in [0.25, 0.3) is 0 Å². The summed E-state index contributed by atoms with van der Waals surface area (Å²) in [5.74, 6) is -1.54. The first-order valence-corrected chi connectivity index (χ1v) is 6.60. The van der Waals surface area contributed by atoms with Gasteiger partial charge in [-0.15, -0.1) is 0 Å². The number of anilines is 2. The van der Waals surface area contributed by atoms with Crippen molar-refractivity contribution in [2.24, 2.45) is 0 Å². The van der Waals surface area contributed by atoms with Crippen LogP contribution in [0.1, 0.15) is 20.3 Å². The van der Waals surface area contributed by atoms with Crippen LogP contribution in [0.2, 0.25) is 0 Å². The van der Waals surface area contributed by atoms with Gasteiger partial charge in [0.2, 0.25) is 0 Å². The number of nitrogens with zero attached hydrogens (tertiary/aromatic N) is 1. The maximum Gasteiger partial charge on any atom is 0.319 e. The number of carbonyl (C=O) groups is 1. The van der Waals surface area contributed by atoms with E-state index in [9.17, 15) is 18.7 Å². The number of rotatable bonds is 5. The van der Waals surface area contributed by atoms with Crippen molar-refractivity contribution in [3.63, 3.8) is 0 Å².